The van der Waals surface area contributed by atoms with Crippen LogP contribution in [0.25, 0.3) is 11.9 Å². The first-order valence-electron chi connectivity index (χ1n) is 9.41. The van der Waals surface area contributed by atoms with E-state index in [9.17, 15) is 0 Å². The monoisotopic (exact) mass is 394 g/mol. The molecule has 1 aliphatic rings. The van der Waals surface area contributed by atoms with Crippen LogP contribution >= 0.6 is 11.6 Å². The van der Waals surface area contributed by atoms with Crippen molar-refractivity contribution in [3.8, 4) is 5.82 Å². The summed E-state index contributed by atoms with van der Waals surface area (Å²) in [6, 6.07) is 8.09. The summed E-state index contributed by atoms with van der Waals surface area (Å²) in [5.74, 6) is 0.733. The lowest BCUT2D eigenvalue weighted by atomic mass is 10.2. The Morgan fingerprint density at radius 1 is 1.11 bits per heavy atom. The second-order valence-corrected chi connectivity index (χ2v) is 7.27. The van der Waals surface area contributed by atoms with E-state index in [1.807, 2.05) is 36.0 Å². The number of nitrogens with zero attached hydrogens (tertiary/aromatic N) is 6. The van der Waals surface area contributed by atoms with Gasteiger partial charge in [0.05, 0.1) is 18.1 Å². The molecule has 1 aliphatic heterocycles. The fraction of sp³-hybridized carbons (Fsp3) is 0.286. The van der Waals surface area contributed by atoms with Crippen molar-refractivity contribution in [3.63, 3.8) is 0 Å². The smallest absolute Gasteiger partial charge is 0.172 e. The molecule has 3 heterocycles. The van der Waals surface area contributed by atoms with E-state index >= 15 is 0 Å². The van der Waals surface area contributed by atoms with Crippen LogP contribution in [0.1, 0.15) is 11.3 Å². The quantitative estimate of drug-likeness (QED) is 0.663. The minimum atomic E-state index is 0.733. The maximum atomic E-state index is 6.11. The van der Waals surface area contributed by atoms with Gasteiger partial charge in [-0.1, -0.05) is 29.8 Å². The third-order valence-corrected chi connectivity index (χ3v) is 5.26. The van der Waals surface area contributed by atoms with Gasteiger partial charge in [0.15, 0.2) is 5.82 Å². The minimum absolute atomic E-state index is 0.733. The van der Waals surface area contributed by atoms with Gasteiger partial charge in [0.1, 0.15) is 0 Å². The Morgan fingerprint density at radius 3 is 2.71 bits per heavy atom. The van der Waals surface area contributed by atoms with E-state index in [1.54, 1.807) is 18.6 Å². The minimum Gasteiger partial charge on any atom is -0.369 e. The Kier molecular flexibility index (Phi) is 5.69. The fourth-order valence-corrected chi connectivity index (χ4v) is 3.59. The molecule has 1 aromatic carbocycles. The van der Waals surface area contributed by atoms with Gasteiger partial charge in [0.2, 0.25) is 0 Å². The summed E-state index contributed by atoms with van der Waals surface area (Å²) in [5.41, 5.74) is 3.36. The van der Waals surface area contributed by atoms with Crippen molar-refractivity contribution >= 4 is 23.4 Å². The highest BCUT2D eigenvalue weighted by atomic mass is 35.5. The zero-order valence-electron chi connectivity index (χ0n) is 15.9. The van der Waals surface area contributed by atoms with Gasteiger partial charge >= 0.3 is 0 Å². The molecule has 0 aliphatic carbocycles. The maximum absolute atomic E-state index is 6.11. The van der Waals surface area contributed by atoms with Crippen molar-refractivity contribution in [3.05, 3.63) is 71.4 Å². The van der Waals surface area contributed by atoms with Crippen LogP contribution < -0.4 is 4.90 Å². The van der Waals surface area contributed by atoms with Crippen molar-refractivity contribution in [1.29, 1.82) is 0 Å². The van der Waals surface area contributed by atoms with Gasteiger partial charge < -0.3 is 4.90 Å². The molecule has 28 heavy (non-hydrogen) atoms. The number of hydrogen-bond acceptors (Lipinski definition) is 5. The van der Waals surface area contributed by atoms with Crippen molar-refractivity contribution < 1.29 is 0 Å². The Bertz CT molecular complexity index is 945. The van der Waals surface area contributed by atoms with E-state index in [4.69, 9.17) is 11.6 Å². The van der Waals surface area contributed by atoms with Gasteiger partial charge in [0, 0.05) is 61.4 Å². The summed E-state index contributed by atoms with van der Waals surface area (Å²) < 4.78 is 1.82. The number of anilines is 1. The third-order valence-electron chi connectivity index (χ3n) is 5.02. The zero-order chi connectivity index (χ0) is 19.3. The fourth-order valence-electron chi connectivity index (χ4n) is 3.41. The highest BCUT2D eigenvalue weighted by Gasteiger charge is 2.16. The van der Waals surface area contributed by atoms with Crippen LogP contribution in [0.15, 0.2) is 55.1 Å². The number of piperazine rings is 1. The summed E-state index contributed by atoms with van der Waals surface area (Å²) in [5, 5.41) is 5.23. The van der Waals surface area contributed by atoms with Crippen molar-refractivity contribution in [2.75, 3.05) is 37.6 Å². The maximum Gasteiger partial charge on any atom is 0.172 e. The van der Waals surface area contributed by atoms with Gasteiger partial charge in [0.25, 0.3) is 0 Å². The molecule has 144 valence electrons. The van der Waals surface area contributed by atoms with E-state index in [0.717, 1.165) is 54.8 Å². The molecule has 0 saturated carbocycles. The average molecular weight is 395 g/mol. The van der Waals surface area contributed by atoms with E-state index < -0.39 is 0 Å². The standard InChI is InChI=1S/C21H23ClN6/c1-17-18(15-25-28(17)21-16-23-7-8-24-21)4-3-9-26-10-12-27(13-11-26)20-6-2-5-19(22)14-20/h2-8,14-16H,9-13H2,1H3. The molecule has 1 fully saturated rings. The molecule has 0 unspecified atom stereocenters. The van der Waals surface area contributed by atoms with E-state index in [2.05, 4.69) is 43.1 Å². The Morgan fingerprint density at radius 2 is 1.96 bits per heavy atom. The highest BCUT2D eigenvalue weighted by molar-refractivity contribution is 6.30. The molecule has 0 radical (unpaired) electrons. The molecule has 6 nitrogen and oxygen atoms in total. The Hall–Kier alpha value is -2.70. The van der Waals surface area contributed by atoms with Crippen LogP contribution in [0.4, 0.5) is 5.69 Å². The van der Waals surface area contributed by atoms with Crippen molar-refractivity contribution in [2.45, 2.75) is 6.92 Å². The number of aromatic nitrogens is 4. The van der Waals surface area contributed by atoms with Crippen molar-refractivity contribution in [1.82, 2.24) is 24.6 Å². The average Bonchev–Trinajstić information content (AvgIpc) is 3.10. The SMILES string of the molecule is Cc1c(C=CCN2CCN(c3cccc(Cl)c3)CC2)cnn1-c1cnccn1. The first-order valence-corrected chi connectivity index (χ1v) is 9.79. The van der Waals surface area contributed by atoms with Gasteiger partial charge in [-0.2, -0.15) is 5.10 Å². The molecule has 4 rings (SSSR count). The molecule has 3 aromatic rings. The van der Waals surface area contributed by atoms with Gasteiger partial charge in [-0.05, 0) is 25.1 Å². The highest BCUT2D eigenvalue weighted by Crippen LogP contribution is 2.21. The van der Waals surface area contributed by atoms with Crippen LogP contribution in [-0.2, 0) is 0 Å². The molecule has 2 aromatic heterocycles. The molecule has 0 bridgehead atoms. The van der Waals surface area contributed by atoms with Crippen LogP contribution in [-0.4, -0.2) is 57.4 Å². The number of rotatable bonds is 5. The summed E-state index contributed by atoms with van der Waals surface area (Å²) in [4.78, 5) is 13.3. The summed E-state index contributed by atoms with van der Waals surface area (Å²) in [7, 11) is 0. The Balaban J connectivity index is 1.32. The molecule has 0 amide bonds. The van der Waals surface area contributed by atoms with Gasteiger partial charge in [-0.25, -0.2) is 9.67 Å². The topological polar surface area (TPSA) is 50.1 Å². The van der Waals surface area contributed by atoms with Crippen LogP contribution in [0.3, 0.4) is 0 Å². The van der Waals surface area contributed by atoms with Crippen LogP contribution in [0.2, 0.25) is 5.02 Å². The van der Waals surface area contributed by atoms with E-state index in [1.165, 1.54) is 5.69 Å². The molecular formula is C21H23ClN6. The zero-order valence-corrected chi connectivity index (χ0v) is 16.6. The van der Waals surface area contributed by atoms with E-state index in [0.29, 0.717) is 0 Å². The lowest BCUT2D eigenvalue weighted by molar-refractivity contribution is 0.284. The molecule has 7 heteroatoms. The normalized spacial score (nSPS) is 15.4. The second-order valence-electron chi connectivity index (χ2n) is 6.83. The molecule has 0 atom stereocenters. The first kappa shape index (κ1) is 18.7. The predicted octanol–water partition coefficient (Wildman–Crippen LogP) is 3.46. The van der Waals surface area contributed by atoms with Crippen molar-refractivity contribution in [2.24, 2.45) is 0 Å². The first-order chi connectivity index (χ1) is 13.7. The lowest BCUT2D eigenvalue weighted by Gasteiger charge is -2.35. The summed E-state index contributed by atoms with van der Waals surface area (Å²) >= 11 is 6.11. The molecule has 0 N–H and O–H groups in total. The molecule has 0 spiro atoms. The summed E-state index contributed by atoms with van der Waals surface area (Å²) in [6.45, 7) is 7.07. The summed E-state index contributed by atoms with van der Waals surface area (Å²) in [6.07, 6.45) is 11.3. The van der Waals surface area contributed by atoms with Gasteiger partial charge in [-0.3, -0.25) is 9.88 Å². The number of halogens is 1. The largest absolute Gasteiger partial charge is 0.369 e. The van der Waals surface area contributed by atoms with Gasteiger partial charge in [-0.15, -0.1) is 0 Å². The Labute approximate surface area is 170 Å². The van der Waals surface area contributed by atoms with Crippen LogP contribution in [0, 0.1) is 6.92 Å². The number of hydrogen-bond donors (Lipinski definition) is 0. The second kappa shape index (κ2) is 8.54. The molecular weight excluding hydrogens is 372 g/mol. The van der Waals surface area contributed by atoms with E-state index in [-0.39, 0.29) is 0 Å². The van der Waals surface area contributed by atoms with Crippen LogP contribution in [0.5, 0.6) is 0 Å². The lowest BCUT2D eigenvalue weighted by Crippen LogP contribution is -2.46. The third kappa shape index (κ3) is 4.24. The predicted molar refractivity (Wildman–Crippen MR) is 113 cm³/mol. The number of benzene rings is 1. The molecule has 1 saturated heterocycles.